The number of benzene rings is 1. The van der Waals surface area contributed by atoms with Crippen molar-refractivity contribution >= 4 is 5.91 Å². The third-order valence-electron chi connectivity index (χ3n) is 4.84. The third-order valence-corrected chi connectivity index (χ3v) is 4.84. The molecule has 1 saturated heterocycles. The van der Waals surface area contributed by atoms with Gasteiger partial charge in [-0.1, -0.05) is 18.2 Å². The summed E-state index contributed by atoms with van der Waals surface area (Å²) in [5.74, 6) is 2.43. The summed E-state index contributed by atoms with van der Waals surface area (Å²) in [7, 11) is 0. The molecule has 1 aliphatic carbocycles. The van der Waals surface area contributed by atoms with E-state index in [2.05, 4.69) is 10.6 Å². The molecule has 0 radical (unpaired) electrons. The number of aryl methyl sites for hydroxylation is 2. The summed E-state index contributed by atoms with van der Waals surface area (Å²) in [6, 6.07) is 6.13. The molecule has 1 aromatic carbocycles. The minimum Gasteiger partial charge on any atom is -0.491 e. The highest BCUT2D eigenvalue weighted by molar-refractivity contribution is 5.83. The zero-order valence-corrected chi connectivity index (χ0v) is 13.9. The van der Waals surface area contributed by atoms with E-state index in [1.165, 1.54) is 0 Å². The largest absolute Gasteiger partial charge is 0.491 e. The molecule has 22 heavy (non-hydrogen) atoms. The van der Waals surface area contributed by atoms with E-state index >= 15 is 0 Å². The first-order chi connectivity index (χ1) is 10.4. The van der Waals surface area contributed by atoms with Crippen molar-refractivity contribution in [3.05, 3.63) is 29.3 Å². The molecule has 2 unspecified atom stereocenters. The smallest absolute Gasteiger partial charge is 0.224 e. The Hall–Kier alpha value is -1.55. The molecule has 4 heteroatoms. The standard InChI is InChI=1S/C18H26N2O2/c1-11-6-5-7-12(2)16(11)22-10-18(3,4)20-17(21)15-13-8-19-9-14(13)15/h5-7,13-15,19H,8-10H2,1-4H3,(H,20,21)/t13-,14?,15?/m1/s1. The molecule has 1 amide bonds. The van der Waals surface area contributed by atoms with Crippen molar-refractivity contribution < 1.29 is 9.53 Å². The van der Waals surface area contributed by atoms with Crippen LogP contribution in [0.3, 0.4) is 0 Å². The number of hydrogen-bond acceptors (Lipinski definition) is 3. The van der Waals surface area contributed by atoms with Crippen LogP contribution >= 0.6 is 0 Å². The van der Waals surface area contributed by atoms with Crippen LogP contribution in [-0.4, -0.2) is 31.1 Å². The molecule has 0 spiro atoms. The fourth-order valence-corrected chi connectivity index (χ4v) is 3.54. The molecular weight excluding hydrogens is 276 g/mol. The Morgan fingerprint density at radius 1 is 1.27 bits per heavy atom. The van der Waals surface area contributed by atoms with Gasteiger partial charge in [-0.15, -0.1) is 0 Å². The summed E-state index contributed by atoms with van der Waals surface area (Å²) in [6.45, 7) is 10.6. The second-order valence-electron chi connectivity index (χ2n) is 7.39. The van der Waals surface area contributed by atoms with Gasteiger partial charge in [0.1, 0.15) is 12.4 Å². The molecular formula is C18H26N2O2. The normalized spacial score (nSPS) is 26.5. The van der Waals surface area contributed by atoms with E-state index in [0.29, 0.717) is 18.4 Å². The Morgan fingerprint density at radius 3 is 2.45 bits per heavy atom. The van der Waals surface area contributed by atoms with E-state index in [9.17, 15) is 4.79 Å². The van der Waals surface area contributed by atoms with E-state index in [0.717, 1.165) is 30.0 Å². The quantitative estimate of drug-likeness (QED) is 0.875. The summed E-state index contributed by atoms with van der Waals surface area (Å²) in [6.07, 6.45) is 0. The molecule has 3 atom stereocenters. The number of amides is 1. The first kappa shape index (κ1) is 15.3. The Balaban J connectivity index is 1.56. The number of nitrogens with one attached hydrogen (secondary N) is 2. The van der Waals surface area contributed by atoms with Crippen LogP contribution in [0.15, 0.2) is 18.2 Å². The van der Waals surface area contributed by atoms with E-state index in [-0.39, 0.29) is 17.4 Å². The van der Waals surface area contributed by atoms with Crippen molar-refractivity contribution in [2.75, 3.05) is 19.7 Å². The van der Waals surface area contributed by atoms with Gasteiger partial charge in [-0.05, 0) is 63.7 Å². The Labute approximate surface area is 132 Å². The van der Waals surface area contributed by atoms with Crippen LogP contribution in [-0.2, 0) is 4.79 Å². The molecule has 1 heterocycles. The molecule has 4 nitrogen and oxygen atoms in total. The van der Waals surface area contributed by atoms with Gasteiger partial charge < -0.3 is 15.4 Å². The monoisotopic (exact) mass is 302 g/mol. The third kappa shape index (κ3) is 2.98. The van der Waals surface area contributed by atoms with Gasteiger partial charge in [0.15, 0.2) is 0 Å². The number of hydrogen-bond donors (Lipinski definition) is 2. The number of rotatable bonds is 5. The lowest BCUT2D eigenvalue weighted by molar-refractivity contribution is -0.125. The lowest BCUT2D eigenvalue weighted by Gasteiger charge is -2.27. The van der Waals surface area contributed by atoms with Gasteiger partial charge in [-0.3, -0.25) is 4.79 Å². The first-order valence-corrected chi connectivity index (χ1v) is 8.11. The first-order valence-electron chi connectivity index (χ1n) is 8.11. The van der Waals surface area contributed by atoms with E-state index in [4.69, 9.17) is 4.74 Å². The van der Waals surface area contributed by atoms with Gasteiger partial charge in [0.25, 0.3) is 0 Å². The van der Waals surface area contributed by atoms with Crippen LogP contribution in [0.5, 0.6) is 5.75 Å². The molecule has 0 bridgehead atoms. The predicted molar refractivity (Wildman–Crippen MR) is 87.0 cm³/mol. The Bertz CT molecular complexity index is 552. The van der Waals surface area contributed by atoms with E-state index in [1.807, 2.05) is 45.9 Å². The van der Waals surface area contributed by atoms with Crippen molar-refractivity contribution in [1.82, 2.24) is 10.6 Å². The second kappa shape index (κ2) is 5.58. The highest BCUT2D eigenvalue weighted by Crippen LogP contribution is 2.48. The minimum atomic E-state index is -0.365. The summed E-state index contributed by atoms with van der Waals surface area (Å²) in [5.41, 5.74) is 1.89. The maximum Gasteiger partial charge on any atom is 0.224 e. The van der Waals surface area contributed by atoms with Crippen LogP contribution < -0.4 is 15.4 Å². The number of para-hydroxylation sites is 1. The van der Waals surface area contributed by atoms with E-state index in [1.54, 1.807) is 0 Å². The van der Waals surface area contributed by atoms with Crippen molar-refractivity contribution in [1.29, 1.82) is 0 Å². The van der Waals surface area contributed by atoms with Crippen LogP contribution in [0.4, 0.5) is 0 Å². The highest BCUT2D eigenvalue weighted by Gasteiger charge is 2.57. The van der Waals surface area contributed by atoms with Crippen LogP contribution in [0.2, 0.25) is 0 Å². The SMILES string of the molecule is Cc1cccc(C)c1OCC(C)(C)NC(=O)C1C2CNC[C@H]21. The molecule has 2 aliphatic rings. The molecule has 2 fully saturated rings. The van der Waals surface area contributed by atoms with Gasteiger partial charge in [-0.25, -0.2) is 0 Å². The topological polar surface area (TPSA) is 50.4 Å². The average Bonchev–Trinajstić information content (AvgIpc) is 2.92. The van der Waals surface area contributed by atoms with Gasteiger partial charge in [-0.2, -0.15) is 0 Å². The zero-order chi connectivity index (χ0) is 15.9. The number of ether oxygens (including phenoxy) is 1. The summed E-state index contributed by atoms with van der Waals surface area (Å²) < 4.78 is 6.00. The summed E-state index contributed by atoms with van der Waals surface area (Å²) in [4.78, 5) is 12.4. The van der Waals surface area contributed by atoms with Crippen molar-refractivity contribution in [2.24, 2.45) is 17.8 Å². The van der Waals surface area contributed by atoms with Gasteiger partial charge >= 0.3 is 0 Å². The fourth-order valence-electron chi connectivity index (χ4n) is 3.54. The van der Waals surface area contributed by atoms with Gasteiger partial charge in [0.2, 0.25) is 5.91 Å². The van der Waals surface area contributed by atoms with Crippen LogP contribution in [0.25, 0.3) is 0 Å². The molecule has 1 aliphatic heterocycles. The average molecular weight is 302 g/mol. The zero-order valence-electron chi connectivity index (χ0n) is 13.9. The highest BCUT2D eigenvalue weighted by atomic mass is 16.5. The van der Waals surface area contributed by atoms with Gasteiger partial charge in [0, 0.05) is 5.92 Å². The van der Waals surface area contributed by atoms with Crippen LogP contribution in [0.1, 0.15) is 25.0 Å². The fraction of sp³-hybridized carbons (Fsp3) is 0.611. The molecule has 1 aromatic rings. The van der Waals surface area contributed by atoms with E-state index < -0.39 is 0 Å². The molecule has 2 N–H and O–H groups in total. The second-order valence-corrected chi connectivity index (χ2v) is 7.39. The minimum absolute atomic E-state index is 0.187. The van der Waals surface area contributed by atoms with Crippen molar-refractivity contribution in [3.8, 4) is 5.75 Å². The van der Waals surface area contributed by atoms with Gasteiger partial charge in [0.05, 0.1) is 5.54 Å². The molecule has 0 aromatic heterocycles. The molecule has 3 rings (SSSR count). The molecule has 120 valence electrons. The number of carbonyl (C=O) groups excluding carboxylic acids is 1. The number of carbonyl (C=O) groups is 1. The number of fused-ring (bicyclic) bond motifs is 1. The molecule has 1 saturated carbocycles. The maximum atomic E-state index is 12.4. The Morgan fingerprint density at radius 2 is 1.86 bits per heavy atom. The maximum absolute atomic E-state index is 12.4. The predicted octanol–water partition coefficient (Wildman–Crippen LogP) is 2.04. The summed E-state index contributed by atoms with van der Waals surface area (Å²) in [5, 5.41) is 6.49. The van der Waals surface area contributed by atoms with Crippen molar-refractivity contribution in [2.45, 2.75) is 33.2 Å². The Kier molecular flexibility index (Phi) is 3.89. The van der Waals surface area contributed by atoms with Crippen LogP contribution in [0, 0.1) is 31.6 Å². The lowest BCUT2D eigenvalue weighted by atomic mass is 10.1. The van der Waals surface area contributed by atoms with Crippen molar-refractivity contribution in [3.63, 3.8) is 0 Å². The number of piperidine rings is 1. The summed E-state index contributed by atoms with van der Waals surface area (Å²) >= 11 is 0. The lowest BCUT2D eigenvalue weighted by Crippen LogP contribution is -2.49.